The number of carboxylic acid groups (broad SMARTS) is 1. The first-order chi connectivity index (χ1) is 18.3. The summed E-state index contributed by atoms with van der Waals surface area (Å²) in [5, 5.41) is 13.9. The van der Waals surface area contributed by atoms with Crippen molar-refractivity contribution in [3.63, 3.8) is 0 Å². The van der Waals surface area contributed by atoms with E-state index in [9.17, 15) is 24.3 Å². The van der Waals surface area contributed by atoms with Crippen LogP contribution in [-0.4, -0.2) is 81.9 Å². The van der Waals surface area contributed by atoms with Gasteiger partial charge in [-0.25, -0.2) is 9.78 Å². The number of nitrogens with zero attached hydrogens (tertiary/aromatic N) is 3. The number of esters is 1. The van der Waals surface area contributed by atoms with Gasteiger partial charge < -0.3 is 20.1 Å². The highest BCUT2D eigenvalue weighted by Crippen LogP contribution is 2.31. The summed E-state index contributed by atoms with van der Waals surface area (Å²) in [5.41, 5.74) is -1.27. The molecular weight excluding hydrogens is 496 g/mol. The van der Waals surface area contributed by atoms with E-state index in [1.807, 2.05) is 27.7 Å². The van der Waals surface area contributed by atoms with E-state index >= 15 is 0 Å². The zero-order valence-corrected chi connectivity index (χ0v) is 23.5. The van der Waals surface area contributed by atoms with E-state index in [1.54, 1.807) is 16.8 Å². The minimum absolute atomic E-state index is 0.0718. The van der Waals surface area contributed by atoms with Crippen molar-refractivity contribution in [2.45, 2.75) is 90.9 Å². The molecule has 1 aliphatic heterocycles. The Bertz CT molecular complexity index is 1020. The Morgan fingerprint density at radius 3 is 2.57 bits per heavy atom. The van der Waals surface area contributed by atoms with E-state index < -0.39 is 41.6 Å². The molecule has 5 atom stereocenters. The molecule has 2 rings (SSSR count). The van der Waals surface area contributed by atoms with Crippen molar-refractivity contribution in [2.75, 3.05) is 20.6 Å². The summed E-state index contributed by atoms with van der Waals surface area (Å²) in [6.45, 7) is 9.31. The zero-order valence-electron chi connectivity index (χ0n) is 24.7. The molecule has 0 radical (unpaired) electrons. The summed E-state index contributed by atoms with van der Waals surface area (Å²) in [6, 6.07) is -1.28. The Morgan fingerprint density at radius 2 is 2.05 bits per heavy atom. The third kappa shape index (κ3) is 7.28. The summed E-state index contributed by atoms with van der Waals surface area (Å²) < 4.78 is 21.5. The molecule has 1 aromatic rings. The maximum atomic E-state index is 13.9. The molecule has 10 nitrogen and oxygen atoms in total. The lowest BCUT2D eigenvalue weighted by Gasteiger charge is -2.38. The summed E-state index contributed by atoms with van der Waals surface area (Å²) >= 11 is 1.08. The van der Waals surface area contributed by atoms with Crippen LogP contribution >= 0.6 is 11.3 Å². The number of carbonyl (C=O) groups is 4. The number of likely N-dealkylation sites (N-methyl/N-ethyl adjacent to an activating group) is 2. The van der Waals surface area contributed by atoms with E-state index in [4.69, 9.17) is 7.48 Å². The average molecular weight is 541 g/mol. The van der Waals surface area contributed by atoms with Gasteiger partial charge >= 0.3 is 11.9 Å². The minimum Gasteiger partial charge on any atom is -0.476 e. The fourth-order valence-electron chi connectivity index (χ4n) is 4.56. The van der Waals surface area contributed by atoms with E-state index in [2.05, 4.69) is 10.3 Å². The Hall–Kier alpha value is -2.53. The Kier molecular flexibility index (Phi) is 9.53. The van der Waals surface area contributed by atoms with Gasteiger partial charge in [0.2, 0.25) is 11.8 Å². The third-order valence-electron chi connectivity index (χ3n) is 7.21. The molecule has 2 N–H and O–H groups in total. The highest BCUT2D eigenvalue weighted by atomic mass is 32.1. The van der Waals surface area contributed by atoms with Gasteiger partial charge in [0, 0.05) is 34.6 Å². The molecule has 1 aliphatic rings. The first-order valence-corrected chi connectivity index (χ1v) is 13.5. The number of likely N-dealkylation sites (tertiary alicyclic amines) is 1. The largest absolute Gasteiger partial charge is 0.476 e. The second kappa shape index (κ2) is 12.8. The van der Waals surface area contributed by atoms with Crippen molar-refractivity contribution in [3.8, 4) is 0 Å². The van der Waals surface area contributed by atoms with E-state index in [-0.39, 0.29) is 43.8 Å². The smallest absolute Gasteiger partial charge is 0.355 e. The van der Waals surface area contributed by atoms with Crippen molar-refractivity contribution < 1.29 is 31.8 Å². The van der Waals surface area contributed by atoms with Gasteiger partial charge in [0.05, 0.1) is 5.54 Å². The standard InChI is InChI=1S/C26H42N4O6S/c1-9-16(4)21(28-25(35)26(6)11-10-12-29(26)7)23(32)30(8)19(15(2)3)13-20(36-17(5)31)22-27-18(14-37-22)24(33)34/h14-16,19-21H,9-13H2,1-8H3,(H,28,35)(H,33,34)/t16-,19+,20+,21-,26-/m0/s1/i6D,7D. The summed E-state index contributed by atoms with van der Waals surface area (Å²) in [4.78, 5) is 58.1. The van der Waals surface area contributed by atoms with Gasteiger partial charge in [-0.2, -0.15) is 0 Å². The van der Waals surface area contributed by atoms with Gasteiger partial charge in [-0.1, -0.05) is 34.1 Å². The molecule has 0 aromatic carbocycles. The fourth-order valence-corrected chi connectivity index (χ4v) is 5.40. The molecule has 208 valence electrons. The first kappa shape index (κ1) is 27.5. The molecule has 1 saturated heterocycles. The van der Waals surface area contributed by atoms with Crippen molar-refractivity contribution in [1.29, 1.82) is 0 Å². The number of hydrogen-bond donors (Lipinski definition) is 2. The summed E-state index contributed by atoms with van der Waals surface area (Å²) in [5.74, 6) is -2.72. The molecule has 0 spiro atoms. The van der Waals surface area contributed by atoms with Crippen molar-refractivity contribution in [2.24, 2.45) is 11.8 Å². The number of aromatic carboxylic acids is 1. The van der Waals surface area contributed by atoms with Gasteiger partial charge in [-0.05, 0) is 45.1 Å². The molecule has 37 heavy (non-hydrogen) atoms. The molecule has 0 saturated carbocycles. The maximum absolute atomic E-state index is 13.9. The number of carboxylic acids is 1. The lowest BCUT2D eigenvalue weighted by atomic mass is 9.91. The topological polar surface area (TPSA) is 129 Å². The molecule has 0 unspecified atom stereocenters. The number of rotatable bonds is 12. The second-order valence-electron chi connectivity index (χ2n) is 10.2. The Morgan fingerprint density at radius 1 is 1.35 bits per heavy atom. The molecule has 2 heterocycles. The Balaban J connectivity index is 2.34. The highest BCUT2D eigenvalue weighted by Gasteiger charge is 2.43. The first-order valence-electron chi connectivity index (χ1n) is 14.0. The highest BCUT2D eigenvalue weighted by molar-refractivity contribution is 7.09. The number of aromatic nitrogens is 1. The van der Waals surface area contributed by atoms with Crippen LogP contribution in [0.1, 0.15) is 91.5 Å². The number of carbonyl (C=O) groups excluding carboxylic acids is 3. The van der Waals surface area contributed by atoms with Crippen molar-refractivity contribution >= 4 is 35.1 Å². The summed E-state index contributed by atoms with van der Waals surface area (Å²) in [7, 11) is 1.55. The Labute approximate surface area is 226 Å². The molecule has 2 amide bonds. The van der Waals surface area contributed by atoms with Gasteiger partial charge in [-0.15, -0.1) is 11.3 Å². The quantitative estimate of drug-likeness (QED) is 0.386. The lowest BCUT2D eigenvalue weighted by Crippen LogP contribution is -2.60. The van der Waals surface area contributed by atoms with Crippen LogP contribution in [0.5, 0.6) is 0 Å². The SMILES string of the molecule is [2H]CN1CCC[C@@]1(C[2H])C(=O)N[C@H](C(=O)N(C)[C@H](C[C@@H](OC(C)=O)c1nc(C(=O)O)cs1)C(C)C)[C@@H](C)CC. The molecule has 1 fully saturated rings. The van der Waals surface area contributed by atoms with Crippen LogP contribution in [0, 0.1) is 11.8 Å². The van der Waals surface area contributed by atoms with E-state index in [1.165, 1.54) is 12.3 Å². The van der Waals surface area contributed by atoms with Gasteiger partial charge in [0.25, 0.3) is 0 Å². The van der Waals surface area contributed by atoms with E-state index in [0.717, 1.165) is 11.3 Å². The van der Waals surface area contributed by atoms with Crippen LogP contribution in [0.4, 0.5) is 0 Å². The minimum atomic E-state index is -1.18. The van der Waals surface area contributed by atoms with Crippen LogP contribution < -0.4 is 5.32 Å². The van der Waals surface area contributed by atoms with Gasteiger partial charge in [0.1, 0.15) is 11.0 Å². The van der Waals surface area contributed by atoms with E-state index in [0.29, 0.717) is 30.8 Å². The zero-order chi connectivity index (χ0) is 29.5. The predicted molar refractivity (Wildman–Crippen MR) is 141 cm³/mol. The van der Waals surface area contributed by atoms with Gasteiger partial charge in [-0.3, -0.25) is 19.3 Å². The average Bonchev–Trinajstić information content (AvgIpc) is 3.56. The third-order valence-corrected chi connectivity index (χ3v) is 8.14. The monoisotopic (exact) mass is 540 g/mol. The normalized spacial score (nSPS) is 21.9. The van der Waals surface area contributed by atoms with Crippen LogP contribution in [0.3, 0.4) is 0 Å². The van der Waals surface area contributed by atoms with Crippen LogP contribution in [0.15, 0.2) is 5.38 Å². The number of hydrogen-bond acceptors (Lipinski definition) is 8. The lowest BCUT2D eigenvalue weighted by molar-refractivity contribution is -0.149. The molecule has 1 aromatic heterocycles. The summed E-state index contributed by atoms with van der Waals surface area (Å²) in [6.07, 6.45) is 1.13. The van der Waals surface area contributed by atoms with Crippen molar-refractivity contribution in [1.82, 2.24) is 20.1 Å². The second-order valence-corrected chi connectivity index (χ2v) is 11.1. The van der Waals surface area contributed by atoms with Crippen LogP contribution in [-0.2, 0) is 19.1 Å². The van der Waals surface area contributed by atoms with Crippen LogP contribution in [0.25, 0.3) is 0 Å². The molecule has 0 aliphatic carbocycles. The number of thiazole rings is 1. The number of nitrogens with one attached hydrogen (secondary N) is 1. The predicted octanol–water partition coefficient (Wildman–Crippen LogP) is 3.33. The molecule has 0 bridgehead atoms. The fraction of sp³-hybridized carbons (Fsp3) is 0.731. The van der Waals surface area contributed by atoms with Crippen molar-refractivity contribution in [3.05, 3.63) is 16.1 Å². The molecular formula is C26H42N4O6S. The van der Waals surface area contributed by atoms with Crippen LogP contribution in [0.2, 0.25) is 0 Å². The molecule has 11 heteroatoms. The number of amides is 2. The van der Waals surface area contributed by atoms with Gasteiger partial charge in [0.15, 0.2) is 11.8 Å². The number of ether oxygens (including phenoxy) is 1. The maximum Gasteiger partial charge on any atom is 0.355 e.